The van der Waals surface area contributed by atoms with Crippen molar-refractivity contribution in [2.45, 2.75) is 31.5 Å². The molecule has 1 N–H and O–H groups in total. The average Bonchev–Trinajstić information content (AvgIpc) is 3.13. The molecule has 134 valence electrons. The highest BCUT2D eigenvalue weighted by molar-refractivity contribution is 6.30. The van der Waals surface area contributed by atoms with E-state index in [-0.39, 0.29) is 6.10 Å². The lowest BCUT2D eigenvalue weighted by Gasteiger charge is -2.35. The molecular weight excluding hydrogens is 326 g/mol. The molecule has 0 spiro atoms. The van der Waals surface area contributed by atoms with Crippen molar-refractivity contribution in [3.63, 3.8) is 0 Å². The Morgan fingerprint density at radius 3 is 3.08 bits per heavy atom. The number of ether oxygens (including phenoxy) is 1. The molecule has 0 bridgehead atoms. The second-order valence-corrected chi connectivity index (χ2v) is 7.23. The Morgan fingerprint density at radius 1 is 1.54 bits per heavy atom. The van der Waals surface area contributed by atoms with Gasteiger partial charge in [-0.1, -0.05) is 11.6 Å². The normalized spacial score (nSPS) is 24.9. The van der Waals surface area contributed by atoms with Gasteiger partial charge in [-0.25, -0.2) is 0 Å². The second kappa shape index (κ2) is 7.76. The van der Waals surface area contributed by atoms with E-state index in [9.17, 15) is 0 Å². The van der Waals surface area contributed by atoms with Crippen LogP contribution in [0.1, 0.15) is 18.5 Å². The molecule has 6 nitrogen and oxygen atoms in total. The number of aromatic nitrogens is 1. The lowest BCUT2D eigenvalue weighted by Crippen LogP contribution is -2.51. The van der Waals surface area contributed by atoms with Crippen molar-refractivity contribution in [2.24, 2.45) is 12.0 Å². The van der Waals surface area contributed by atoms with Crippen molar-refractivity contribution in [1.29, 1.82) is 0 Å². The highest BCUT2D eigenvalue weighted by atomic mass is 35.5. The first kappa shape index (κ1) is 17.6. The van der Waals surface area contributed by atoms with Crippen LogP contribution in [0.3, 0.4) is 0 Å². The summed E-state index contributed by atoms with van der Waals surface area (Å²) in [6.07, 6.45) is 4.74. The summed E-state index contributed by atoms with van der Waals surface area (Å²) in [4.78, 5) is 9.06. The molecule has 24 heavy (non-hydrogen) atoms. The minimum absolute atomic E-state index is 0.231. The first-order valence-electron chi connectivity index (χ1n) is 8.65. The molecule has 3 heterocycles. The molecule has 0 radical (unpaired) electrons. The molecule has 0 saturated carbocycles. The molecule has 2 aliphatic heterocycles. The maximum atomic E-state index is 6.06. The zero-order chi connectivity index (χ0) is 17.1. The predicted molar refractivity (Wildman–Crippen MR) is 97.6 cm³/mol. The maximum absolute atomic E-state index is 6.06. The van der Waals surface area contributed by atoms with Gasteiger partial charge in [-0.3, -0.25) is 9.89 Å². The molecular formula is C17H28ClN5O. The fraction of sp³-hybridized carbons (Fsp3) is 0.706. The van der Waals surface area contributed by atoms with E-state index in [1.807, 2.05) is 38.0 Å². The number of aliphatic imine (C=N–C) groups is 1. The maximum Gasteiger partial charge on any atom is 0.193 e. The zero-order valence-corrected chi connectivity index (χ0v) is 15.6. The quantitative estimate of drug-likeness (QED) is 0.659. The molecule has 2 fully saturated rings. The number of guanidine groups is 1. The summed E-state index contributed by atoms with van der Waals surface area (Å²) >= 11 is 6.06. The van der Waals surface area contributed by atoms with Gasteiger partial charge < -0.3 is 19.5 Å². The van der Waals surface area contributed by atoms with Crippen LogP contribution in [0.15, 0.2) is 17.3 Å². The van der Waals surface area contributed by atoms with E-state index in [1.54, 1.807) is 0 Å². The fourth-order valence-electron chi connectivity index (χ4n) is 3.64. The van der Waals surface area contributed by atoms with Crippen LogP contribution in [0.2, 0.25) is 5.02 Å². The fourth-order valence-corrected chi connectivity index (χ4v) is 3.91. The summed E-state index contributed by atoms with van der Waals surface area (Å²) in [5.41, 5.74) is 1.15. The van der Waals surface area contributed by atoms with Gasteiger partial charge in [-0.2, -0.15) is 0 Å². The molecule has 0 amide bonds. The summed E-state index contributed by atoms with van der Waals surface area (Å²) < 4.78 is 8.05. The van der Waals surface area contributed by atoms with E-state index in [4.69, 9.17) is 16.3 Å². The first-order valence-corrected chi connectivity index (χ1v) is 9.02. The molecule has 1 aromatic rings. The van der Waals surface area contributed by atoms with E-state index < -0.39 is 0 Å². The van der Waals surface area contributed by atoms with Gasteiger partial charge in [0.25, 0.3) is 0 Å². The van der Waals surface area contributed by atoms with Gasteiger partial charge in [-0.05, 0) is 25.5 Å². The minimum Gasteiger partial charge on any atom is -0.373 e. The SMILES string of the molecule is CN=C(NCC1CN2CCCC2CO1)N(C)Cc1cc(Cl)cn1C. The van der Waals surface area contributed by atoms with E-state index in [1.165, 1.54) is 19.4 Å². The van der Waals surface area contributed by atoms with Crippen LogP contribution in [0.4, 0.5) is 0 Å². The van der Waals surface area contributed by atoms with Gasteiger partial charge in [0.05, 0.1) is 24.3 Å². The van der Waals surface area contributed by atoms with Gasteiger partial charge in [-0.15, -0.1) is 0 Å². The monoisotopic (exact) mass is 353 g/mol. The van der Waals surface area contributed by atoms with Crippen molar-refractivity contribution < 1.29 is 4.74 Å². The highest BCUT2D eigenvalue weighted by Gasteiger charge is 2.32. The van der Waals surface area contributed by atoms with Crippen molar-refractivity contribution in [1.82, 2.24) is 19.7 Å². The standard InChI is InChI=1S/C17H28ClN5O/c1-19-17(22(3)10-15-7-13(18)9-21(15)2)20-8-16-11-23-6-4-5-14(23)12-24-16/h7,9,14,16H,4-6,8,10-12H2,1-3H3,(H,19,20). The number of aryl methyl sites for hydroxylation is 1. The molecule has 0 aromatic carbocycles. The molecule has 0 aliphatic carbocycles. The van der Waals surface area contributed by atoms with Crippen molar-refractivity contribution in [3.05, 3.63) is 23.0 Å². The molecule has 2 aliphatic rings. The van der Waals surface area contributed by atoms with Crippen molar-refractivity contribution in [2.75, 3.05) is 40.3 Å². The zero-order valence-electron chi connectivity index (χ0n) is 14.8. The van der Waals surface area contributed by atoms with E-state index in [2.05, 4.69) is 20.1 Å². The molecule has 2 unspecified atom stereocenters. The van der Waals surface area contributed by atoms with Crippen LogP contribution >= 0.6 is 11.6 Å². The van der Waals surface area contributed by atoms with Crippen LogP contribution in [-0.4, -0.2) is 72.8 Å². The number of nitrogens with one attached hydrogen (secondary N) is 1. The lowest BCUT2D eigenvalue weighted by atomic mass is 10.2. The number of hydrogen-bond acceptors (Lipinski definition) is 3. The Balaban J connectivity index is 1.50. The number of halogens is 1. The van der Waals surface area contributed by atoms with E-state index in [0.717, 1.165) is 42.9 Å². The van der Waals surface area contributed by atoms with Crippen LogP contribution in [0.5, 0.6) is 0 Å². The Bertz CT molecular complexity index is 588. The van der Waals surface area contributed by atoms with Gasteiger partial charge in [0.1, 0.15) is 0 Å². The van der Waals surface area contributed by atoms with E-state index >= 15 is 0 Å². The first-order chi connectivity index (χ1) is 11.6. The Hall–Kier alpha value is -1.24. The number of rotatable bonds is 4. The topological polar surface area (TPSA) is 45.0 Å². The van der Waals surface area contributed by atoms with Gasteiger partial charge in [0, 0.05) is 52.2 Å². The average molecular weight is 354 g/mol. The molecule has 7 heteroatoms. The third-order valence-corrected chi connectivity index (χ3v) is 5.20. The van der Waals surface area contributed by atoms with Crippen molar-refractivity contribution in [3.8, 4) is 0 Å². The summed E-state index contributed by atoms with van der Waals surface area (Å²) in [7, 11) is 5.86. The van der Waals surface area contributed by atoms with Crippen LogP contribution < -0.4 is 5.32 Å². The van der Waals surface area contributed by atoms with E-state index in [0.29, 0.717) is 6.04 Å². The predicted octanol–water partition coefficient (Wildman–Crippen LogP) is 1.55. The Kier molecular flexibility index (Phi) is 5.69. The number of fused-ring (bicyclic) bond motifs is 1. The van der Waals surface area contributed by atoms with Crippen LogP contribution in [0.25, 0.3) is 0 Å². The van der Waals surface area contributed by atoms with Gasteiger partial charge >= 0.3 is 0 Å². The highest BCUT2D eigenvalue weighted by Crippen LogP contribution is 2.22. The lowest BCUT2D eigenvalue weighted by molar-refractivity contribution is -0.0454. The van der Waals surface area contributed by atoms with Gasteiger partial charge in [0.15, 0.2) is 5.96 Å². The molecule has 2 saturated heterocycles. The smallest absolute Gasteiger partial charge is 0.193 e. The summed E-state index contributed by atoms with van der Waals surface area (Å²) in [6.45, 7) is 4.64. The van der Waals surface area contributed by atoms with Crippen molar-refractivity contribution >= 4 is 17.6 Å². The second-order valence-electron chi connectivity index (χ2n) is 6.79. The minimum atomic E-state index is 0.231. The summed E-state index contributed by atoms with van der Waals surface area (Å²) in [5.74, 6) is 0.875. The largest absolute Gasteiger partial charge is 0.373 e. The Morgan fingerprint density at radius 2 is 2.38 bits per heavy atom. The third kappa shape index (κ3) is 4.05. The Labute approximate surface area is 149 Å². The number of nitrogens with zero attached hydrogens (tertiary/aromatic N) is 4. The molecule has 2 atom stereocenters. The molecule has 1 aromatic heterocycles. The summed E-state index contributed by atoms with van der Waals surface area (Å²) in [6, 6.07) is 2.63. The third-order valence-electron chi connectivity index (χ3n) is 5.00. The van der Waals surface area contributed by atoms with Crippen LogP contribution in [-0.2, 0) is 18.3 Å². The summed E-state index contributed by atoms with van der Waals surface area (Å²) in [5, 5.41) is 4.21. The number of morpholine rings is 1. The number of hydrogen-bond donors (Lipinski definition) is 1. The molecule has 3 rings (SSSR count). The van der Waals surface area contributed by atoms with Gasteiger partial charge in [0.2, 0.25) is 0 Å². The van der Waals surface area contributed by atoms with Crippen LogP contribution in [0, 0.1) is 0 Å².